The number of piperazine rings is 2. The number of ketones is 1. The van der Waals surface area contributed by atoms with Gasteiger partial charge in [-0.15, -0.1) is 0 Å². The van der Waals surface area contributed by atoms with E-state index in [0.717, 1.165) is 85.1 Å². The zero-order valence-corrected chi connectivity index (χ0v) is 33.2. The van der Waals surface area contributed by atoms with Gasteiger partial charge in [0.1, 0.15) is 17.8 Å². The highest BCUT2D eigenvalue weighted by molar-refractivity contribution is 6.00. The number of ether oxygens (including phenoxy) is 1. The van der Waals surface area contributed by atoms with E-state index in [4.69, 9.17) is 21.3 Å². The number of nitrogens with two attached hydrogens (primary N) is 2. The molecule has 8 rings (SSSR count). The Labute approximate surface area is 342 Å². The van der Waals surface area contributed by atoms with E-state index in [1.165, 1.54) is 6.33 Å². The molecule has 1 aromatic carbocycles. The summed E-state index contributed by atoms with van der Waals surface area (Å²) in [5.41, 5.74) is 16.9. The Morgan fingerprint density at radius 3 is 2.24 bits per heavy atom. The van der Waals surface area contributed by atoms with E-state index in [2.05, 4.69) is 55.7 Å². The number of aromatic nitrogens is 9. The summed E-state index contributed by atoms with van der Waals surface area (Å²) >= 11 is 0. The van der Waals surface area contributed by atoms with E-state index in [-0.39, 0.29) is 11.7 Å². The number of unbranched alkanes of at least 4 members (excludes halogenated alkanes) is 2. The molecular weight excluding hydrogens is 751 g/mol. The molecule has 2 aliphatic heterocycles. The molecule has 0 saturated carbocycles. The molecular formula is C41H51N15O3. The van der Waals surface area contributed by atoms with Crippen LogP contribution in [0.2, 0.25) is 0 Å². The van der Waals surface area contributed by atoms with Crippen molar-refractivity contribution in [1.29, 1.82) is 0 Å². The monoisotopic (exact) mass is 801 g/mol. The number of fused-ring (bicyclic) bond motifs is 2. The minimum atomic E-state index is 0.0400. The molecule has 0 radical (unpaired) electrons. The zero-order valence-electron chi connectivity index (χ0n) is 33.2. The molecule has 7 heterocycles. The smallest absolute Gasteiger partial charge is 0.225 e. The lowest BCUT2D eigenvalue weighted by Gasteiger charge is -2.35. The third kappa shape index (κ3) is 9.45. The molecule has 2 aliphatic rings. The van der Waals surface area contributed by atoms with Crippen LogP contribution in [0.1, 0.15) is 48.0 Å². The van der Waals surface area contributed by atoms with Crippen LogP contribution in [0.3, 0.4) is 0 Å². The second-order valence-corrected chi connectivity index (χ2v) is 15.0. The SMILES string of the molecule is NCc1cnc(N2CCN(C(=O)CCOCCN3CCN(c4ncc(C(=O)CCCCCn5nc(-c6ccc7[nH]ccc7c6)c6c(N)ncnc65)cn4)CC3)CC2)nc1. The Kier molecular flexibility index (Phi) is 12.5. The topological polar surface area (TPSA) is 219 Å². The molecule has 308 valence electrons. The molecule has 2 saturated heterocycles. The second-order valence-electron chi connectivity index (χ2n) is 15.0. The average molecular weight is 802 g/mol. The number of nitrogens with one attached hydrogen (secondary N) is 1. The second kappa shape index (κ2) is 18.6. The number of carbonyl (C=O) groups is 2. The molecule has 0 unspecified atom stereocenters. The van der Waals surface area contributed by atoms with Crippen LogP contribution in [0.5, 0.6) is 0 Å². The molecule has 0 atom stereocenters. The number of amides is 1. The van der Waals surface area contributed by atoms with Crippen LogP contribution in [0.15, 0.2) is 61.6 Å². The summed E-state index contributed by atoms with van der Waals surface area (Å²) < 4.78 is 7.74. The van der Waals surface area contributed by atoms with E-state index >= 15 is 0 Å². The number of hydrogen-bond donors (Lipinski definition) is 3. The predicted octanol–water partition coefficient (Wildman–Crippen LogP) is 2.92. The fraction of sp³-hybridized carbons (Fsp3) is 0.439. The van der Waals surface area contributed by atoms with E-state index < -0.39 is 0 Å². The Balaban J connectivity index is 0.704. The minimum absolute atomic E-state index is 0.0400. The number of aryl methyl sites for hydroxylation is 1. The highest BCUT2D eigenvalue weighted by Gasteiger charge is 2.23. The van der Waals surface area contributed by atoms with Gasteiger partial charge in [0, 0.05) is 131 Å². The summed E-state index contributed by atoms with van der Waals surface area (Å²) in [5.74, 6) is 1.86. The Bertz CT molecular complexity index is 2330. The first-order chi connectivity index (χ1) is 28.9. The third-order valence-corrected chi connectivity index (χ3v) is 11.1. The van der Waals surface area contributed by atoms with Crippen molar-refractivity contribution < 1.29 is 14.3 Å². The number of H-pyrrole nitrogens is 1. The van der Waals surface area contributed by atoms with E-state index in [9.17, 15) is 9.59 Å². The van der Waals surface area contributed by atoms with Gasteiger partial charge in [-0.1, -0.05) is 12.5 Å². The van der Waals surface area contributed by atoms with Crippen molar-refractivity contribution in [2.24, 2.45) is 5.73 Å². The molecule has 59 heavy (non-hydrogen) atoms. The normalized spacial score (nSPS) is 15.1. The van der Waals surface area contributed by atoms with Gasteiger partial charge in [0.05, 0.1) is 30.6 Å². The van der Waals surface area contributed by atoms with Gasteiger partial charge in [-0.3, -0.25) is 14.5 Å². The molecule has 5 N–H and O–H groups in total. The van der Waals surface area contributed by atoms with Crippen LogP contribution in [-0.4, -0.2) is 138 Å². The first kappa shape index (κ1) is 39.7. The third-order valence-electron chi connectivity index (χ3n) is 11.1. The molecule has 2 fully saturated rings. The number of carbonyl (C=O) groups excluding carboxylic acids is 2. The van der Waals surface area contributed by atoms with Crippen molar-refractivity contribution in [1.82, 2.24) is 54.5 Å². The van der Waals surface area contributed by atoms with Crippen LogP contribution in [0.25, 0.3) is 33.2 Å². The summed E-state index contributed by atoms with van der Waals surface area (Å²) in [6.45, 7) is 8.81. The van der Waals surface area contributed by atoms with E-state index in [1.54, 1.807) is 24.8 Å². The van der Waals surface area contributed by atoms with Gasteiger partial charge < -0.3 is 35.9 Å². The van der Waals surface area contributed by atoms with Crippen LogP contribution in [0, 0.1) is 0 Å². The lowest BCUT2D eigenvalue weighted by atomic mass is 10.1. The molecule has 18 heteroatoms. The molecule has 0 aliphatic carbocycles. The van der Waals surface area contributed by atoms with Crippen molar-refractivity contribution in [3.63, 3.8) is 0 Å². The Hall–Kier alpha value is -6.11. The number of nitrogens with zero attached hydrogens (tertiary/aromatic N) is 12. The lowest BCUT2D eigenvalue weighted by Crippen LogP contribution is -2.49. The number of aromatic amines is 1. The number of anilines is 3. The first-order valence-electron chi connectivity index (χ1n) is 20.4. The maximum absolute atomic E-state index is 13.0. The summed E-state index contributed by atoms with van der Waals surface area (Å²) in [7, 11) is 0. The quantitative estimate of drug-likeness (QED) is 0.0892. The van der Waals surface area contributed by atoms with Crippen molar-refractivity contribution in [2.45, 2.75) is 45.2 Å². The van der Waals surface area contributed by atoms with Crippen LogP contribution < -0.4 is 21.3 Å². The van der Waals surface area contributed by atoms with Crippen LogP contribution >= 0.6 is 0 Å². The standard InChI is InChI=1S/C41H51N15O3/c42-23-29-24-45-40(46-25-29)55-17-15-53(16-18-55)35(58)8-20-59-21-19-52-11-13-54(14-12-52)41-47-26-32(27-48-41)34(57)4-2-1-3-10-56-39-36(38(43)49-28-50-39)37(51-56)31-5-6-33-30(22-31)7-9-44-33/h5-7,9,22,24-28,44H,1-4,8,10-21,23,42H2,(H2,43,49,50). The molecule has 0 spiro atoms. The van der Waals surface area contributed by atoms with Crippen molar-refractivity contribution in [2.75, 3.05) is 87.7 Å². The highest BCUT2D eigenvalue weighted by Crippen LogP contribution is 2.32. The largest absolute Gasteiger partial charge is 0.383 e. The number of nitrogen functional groups attached to an aromatic ring is 1. The molecule has 0 bridgehead atoms. The fourth-order valence-corrected chi connectivity index (χ4v) is 7.64. The van der Waals surface area contributed by atoms with Gasteiger partial charge in [0.2, 0.25) is 17.8 Å². The predicted molar refractivity (Wildman–Crippen MR) is 225 cm³/mol. The van der Waals surface area contributed by atoms with Crippen LogP contribution in [-0.2, 0) is 22.6 Å². The Morgan fingerprint density at radius 2 is 1.49 bits per heavy atom. The fourth-order valence-electron chi connectivity index (χ4n) is 7.64. The van der Waals surface area contributed by atoms with Gasteiger partial charge in [-0.05, 0) is 31.0 Å². The van der Waals surface area contributed by atoms with Gasteiger partial charge in [0.25, 0.3) is 0 Å². The Morgan fingerprint density at radius 1 is 0.763 bits per heavy atom. The van der Waals surface area contributed by atoms with Crippen molar-refractivity contribution in [3.8, 4) is 11.3 Å². The van der Waals surface area contributed by atoms with Crippen molar-refractivity contribution in [3.05, 3.63) is 72.7 Å². The van der Waals surface area contributed by atoms with E-state index in [0.29, 0.717) is 94.2 Å². The number of benzene rings is 1. The van der Waals surface area contributed by atoms with Gasteiger partial charge in [-0.25, -0.2) is 34.6 Å². The average Bonchev–Trinajstić information content (AvgIpc) is 3.92. The molecule has 6 aromatic rings. The number of hydrogen-bond acceptors (Lipinski definition) is 15. The van der Waals surface area contributed by atoms with Gasteiger partial charge in [-0.2, -0.15) is 5.10 Å². The number of Topliss-reactive ketones (excluding diaryl/α,β-unsaturated/α-hetero) is 1. The molecule has 5 aromatic heterocycles. The van der Waals surface area contributed by atoms with Crippen molar-refractivity contribution >= 4 is 51.3 Å². The van der Waals surface area contributed by atoms with E-state index in [1.807, 2.05) is 34.0 Å². The zero-order chi connectivity index (χ0) is 40.6. The van der Waals surface area contributed by atoms with Gasteiger partial charge >= 0.3 is 0 Å². The summed E-state index contributed by atoms with van der Waals surface area (Å²) in [6.07, 6.45) is 13.4. The van der Waals surface area contributed by atoms with Crippen LogP contribution in [0.4, 0.5) is 17.7 Å². The minimum Gasteiger partial charge on any atom is -0.383 e. The highest BCUT2D eigenvalue weighted by atomic mass is 16.5. The number of rotatable bonds is 17. The summed E-state index contributed by atoms with van der Waals surface area (Å²) in [6, 6.07) is 8.18. The molecule has 1 amide bonds. The molecule has 18 nitrogen and oxygen atoms in total. The first-order valence-corrected chi connectivity index (χ1v) is 20.4. The summed E-state index contributed by atoms with van der Waals surface area (Å²) in [5, 5.41) is 6.75. The maximum Gasteiger partial charge on any atom is 0.225 e. The maximum atomic E-state index is 13.0. The summed E-state index contributed by atoms with van der Waals surface area (Å²) in [4.78, 5) is 64.1. The lowest BCUT2D eigenvalue weighted by molar-refractivity contribution is -0.132. The van der Waals surface area contributed by atoms with Gasteiger partial charge in [0.15, 0.2) is 11.4 Å².